The molecule has 0 fully saturated rings. The Morgan fingerprint density at radius 1 is 1.40 bits per heavy atom. The highest BCUT2D eigenvalue weighted by molar-refractivity contribution is 6.35. The van der Waals surface area contributed by atoms with Crippen LogP contribution in [0.4, 0.5) is 5.82 Å². The number of nitrogens with zero attached hydrogens (tertiary/aromatic N) is 3. The van der Waals surface area contributed by atoms with E-state index in [1.807, 2.05) is 0 Å². The predicted octanol–water partition coefficient (Wildman–Crippen LogP) is 3.45. The molecule has 106 valence electrons. The van der Waals surface area contributed by atoms with Crippen LogP contribution in [0.1, 0.15) is 12.1 Å². The molecule has 0 atom stereocenters. The molecule has 0 aliphatic rings. The summed E-state index contributed by atoms with van der Waals surface area (Å²) in [6.07, 6.45) is 1.68. The first kappa shape index (κ1) is 15.1. The Bertz CT molecular complexity index is 642. The molecule has 0 aliphatic heterocycles. The molecular weight excluding hydrogens is 323 g/mol. The second-order valence-corrected chi connectivity index (χ2v) is 5.25. The van der Waals surface area contributed by atoms with Gasteiger partial charge in [-0.1, -0.05) is 23.2 Å². The average molecular weight is 334 g/mol. The maximum Gasteiger partial charge on any atom is 0.226 e. The van der Waals surface area contributed by atoms with Crippen molar-refractivity contribution >= 4 is 46.5 Å². The van der Waals surface area contributed by atoms with Crippen molar-refractivity contribution in [1.29, 1.82) is 0 Å². The van der Waals surface area contributed by atoms with Gasteiger partial charge in [-0.2, -0.15) is 9.78 Å². The normalized spacial score (nSPS) is 10.6. The molecule has 0 saturated heterocycles. The topological polar surface area (TPSA) is 59.8 Å². The number of aromatic nitrogens is 3. The fourth-order valence-corrected chi connectivity index (χ4v) is 2.24. The van der Waals surface area contributed by atoms with Gasteiger partial charge in [-0.15, -0.1) is 11.6 Å². The van der Waals surface area contributed by atoms with E-state index in [4.69, 9.17) is 34.8 Å². The van der Waals surface area contributed by atoms with Crippen molar-refractivity contribution in [3.8, 4) is 5.82 Å². The van der Waals surface area contributed by atoms with E-state index in [-0.39, 0.29) is 18.2 Å². The molecule has 0 spiro atoms. The van der Waals surface area contributed by atoms with Gasteiger partial charge in [-0.05, 0) is 13.0 Å². The number of pyridine rings is 1. The molecule has 8 heteroatoms. The Balaban J connectivity index is 2.38. The lowest BCUT2D eigenvalue weighted by Crippen LogP contribution is -2.15. The molecule has 2 rings (SSSR count). The summed E-state index contributed by atoms with van der Waals surface area (Å²) in [6.45, 7) is 1.80. The molecule has 2 aromatic rings. The molecule has 0 aliphatic carbocycles. The fraction of sp³-hybridized carbons (Fsp3) is 0.250. The van der Waals surface area contributed by atoms with Crippen molar-refractivity contribution in [2.24, 2.45) is 0 Å². The monoisotopic (exact) mass is 332 g/mol. The van der Waals surface area contributed by atoms with E-state index in [0.717, 1.165) is 5.69 Å². The second kappa shape index (κ2) is 6.43. The third-order valence-corrected chi connectivity index (χ3v) is 3.08. The standard InChI is InChI=1S/C12H11Cl3N4O/c1-7-4-10(17-11(20)2-3-13)19(18-7)12-9(15)5-8(14)6-16-12/h4-6H,2-3H2,1H3,(H,17,20). The van der Waals surface area contributed by atoms with Gasteiger partial charge >= 0.3 is 0 Å². The van der Waals surface area contributed by atoms with Crippen LogP contribution in [0, 0.1) is 6.92 Å². The van der Waals surface area contributed by atoms with Gasteiger partial charge in [-0.3, -0.25) is 4.79 Å². The summed E-state index contributed by atoms with van der Waals surface area (Å²) in [5.41, 5.74) is 0.721. The third kappa shape index (κ3) is 3.42. The number of aryl methyl sites for hydroxylation is 1. The van der Waals surface area contributed by atoms with Crippen molar-refractivity contribution in [3.05, 3.63) is 34.1 Å². The highest BCUT2D eigenvalue weighted by atomic mass is 35.5. The van der Waals surface area contributed by atoms with Crippen LogP contribution in [-0.2, 0) is 4.79 Å². The van der Waals surface area contributed by atoms with Crippen LogP contribution in [0.3, 0.4) is 0 Å². The molecule has 1 amide bonds. The molecule has 20 heavy (non-hydrogen) atoms. The van der Waals surface area contributed by atoms with E-state index in [2.05, 4.69) is 15.4 Å². The smallest absolute Gasteiger partial charge is 0.226 e. The van der Waals surface area contributed by atoms with Gasteiger partial charge in [0.2, 0.25) is 5.91 Å². The number of hydrogen-bond donors (Lipinski definition) is 1. The Labute approximate surface area is 130 Å². The maximum absolute atomic E-state index is 11.6. The van der Waals surface area contributed by atoms with Gasteiger partial charge in [-0.25, -0.2) is 4.98 Å². The van der Waals surface area contributed by atoms with Gasteiger partial charge in [0.05, 0.1) is 15.7 Å². The van der Waals surface area contributed by atoms with Crippen LogP contribution >= 0.6 is 34.8 Å². The van der Waals surface area contributed by atoms with E-state index in [0.29, 0.717) is 21.7 Å². The van der Waals surface area contributed by atoms with Gasteiger partial charge in [0.25, 0.3) is 0 Å². The number of carbonyl (C=O) groups excluding carboxylic acids is 1. The summed E-state index contributed by atoms with van der Waals surface area (Å²) in [5, 5.41) is 7.75. The molecule has 5 nitrogen and oxygen atoms in total. The first-order chi connectivity index (χ1) is 9.51. The Morgan fingerprint density at radius 2 is 2.15 bits per heavy atom. The van der Waals surface area contributed by atoms with Crippen molar-refractivity contribution in [3.63, 3.8) is 0 Å². The third-order valence-electron chi connectivity index (χ3n) is 2.41. The van der Waals surface area contributed by atoms with E-state index in [1.54, 1.807) is 19.1 Å². The van der Waals surface area contributed by atoms with E-state index < -0.39 is 0 Å². The Morgan fingerprint density at radius 3 is 2.80 bits per heavy atom. The fourth-order valence-electron chi connectivity index (χ4n) is 1.60. The summed E-state index contributed by atoms with van der Waals surface area (Å²) >= 11 is 17.5. The molecule has 2 aromatic heterocycles. The van der Waals surface area contributed by atoms with Crippen molar-refractivity contribution in [1.82, 2.24) is 14.8 Å². The minimum atomic E-state index is -0.203. The van der Waals surface area contributed by atoms with Gasteiger partial charge in [0.15, 0.2) is 5.82 Å². The number of amides is 1. The van der Waals surface area contributed by atoms with E-state index in [1.165, 1.54) is 10.9 Å². The minimum absolute atomic E-state index is 0.203. The first-order valence-electron chi connectivity index (χ1n) is 5.75. The van der Waals surface area contributed by atoms with Crippen LogP contribution in [0.25, 0.3) is 5.82 Å². The Hall–Kier alpha value is -1.30. The molecule has 0 unspecified atom stereocenters. The summed E-state index contributed by atoms with van der Waals surface area (Å²) < 4.78 is 1.46. The quantitative estimate of drug-likeness (QED) is 0.872. The molecule has 2 heterocycles. The van der Waals surface area contributed by atoms with Crippen LogP contribution in [0.15, 0.2) is 18.3 Å². The average Bonchev–Trinajstić information content (AvgIpc) is 2.70. The van der Waals surface area contributed by atoms with Crippen molar-refractivity contribution < 1.29 is 4.79 Å². The maximum atomic E-state index is 11.6. The van der Waals surface area contributed by atoms with Gasteiger partial charge in [0, 0.05) is 24.6 Å². The van der Waals surface area contributed by atoms with Gasteiger partial charge in [0.1, 0.15) is 5.82 Å². The van der Waals surface area contributed by atoms with Gasteiger partial charge < -0.3 is 5.32 Å². The number of carbonyl (C=O) groups is 1. The zero-order valence-electron chi connectivity index (χ0n) is 10.5. The Kier molecular flexibility index (Phi) is 4.86. The number of halogens is 3. The van der Waals surface area contributed by atoms with Crippen molar-refractivity contribution in [2.45, 2.75) is 13.3 Å². The number of anilines is 1. The second-order valence-electron chi connectivity index (χ2n) is 4.03. The molecule has 0 bridgehead atoms. The summed E-state index contributed by atoms with van der Waals surface area (Å²) in [7, 11) is 0. The van der Waals surface area contributed by atoms with E-state index in [9.17, 15) is 4.79 Å². The predicted molar refractivity (Wildman–Crippen MR) is 80.1 cm³/mol. The minimum Gasteiger partial charge on any atom is -0.310 e. The van der Waals surface area contributed by atoms with Crippen LogP contribution < -0.4 is 5.32 Å². The number of nitrogens with one attached hydrogen (secondary N) is 1. The number of hydrogen-bond acceptors (Lipinski definition) is 3. The molecule has 1 N–H and O–H groups in total. The van der Waals surface area contributed by atoms with Crippen molar-refractivity contribution in [2.75, 3.05) is 11.2 Å². The molecule has 0 radical (unpaired) electrons. The van der Waals surface area contributed by atoms with Crippen LogP contribution in [0.2, 0.25) is 10.0 Å². The van der Waals surface area contributed by atoms with Crippen LogP contribution in [0.5, 0.6) is 0 Å². The first-order valence-corrected chi connectivity index (χ1v) is 7.04. The highest BCUT2D eigenvalue weighted by Gasteiger charge is 2.14. The molecule has 0 saturated carbocycles. The lowest BCUT2D eigenvalue weighted by Gasteiger charge is -2.09. The zero-order chi connectivity index (χ0) is 14.7. The number of rotatable bonds is 4. The zero-order valence-corrected chi connectivity index (χ0v) is 12.8. The van der Waals surface area contributed by atoms with Crippen LogP contribution in [-0.4, -0.2) is 26.6 Å². The molecule has 0 aromatic carbocycles. The summed E-state index contributed by atoms with van der Waals surface area (Å²) in [4.78, 5) is 15.8. The molecular formula is C12H11Cl3N4O. The highest BCUT2D eigenvalue weighted by Crippen LogP contribution is 2.24. The SMILES string of the molecule is Cc1cc(NC(=O)CCCl)n(-c2ncc(Cl)cc2Cl)n1. The number of alkyl halides is 1. The van der Waals surface area contributed by atoms with E-state index >= 15 is 0 Å². The summed E-state index contributed by atoms with van der Waals surface area (Å²) in [6, 6.07) is 3.28. The lowest BCUT2D eigenvalue weighted by molar-refractivity contribution is -0.115. The largest absolute Gasteiger partial charge is 0.310 e. The summed E-state index contributed by atoms with van der Waals surface area (Å²) in [5.74, 6) is 0.921. The lowest BCUT2D eigenvalue weighted by atomic mass is 10.4.